The number of benzene rings is 1. The first-order valence-corrected chi connectivity index (χ1v) is 7.45. The van der Waals surface area contributed by atoms with E-state index in [1.54, 1.807) is 0 Å². The first-order chi connectivity index (χ1) is 9.37. The van der Waals surface area contributed by atoms with Crippen LogP contribution in [0.15, 0.2) is 24.3 Å². The van der Waals surface area contributed by atoms with Gasteiger partial charge in [-0.05, 0) is 23.8 Å². The summed E-state index contributed by atoms with van der Waals surface area (Å²) in [5.41, 5.74) is 7.84. The molecule has 0 aliphatic carbocycles. The molecular weight excluding hydrogens is 268 g/mol. The van der Waals surface area contributed by atoms with Gasteiger partial charge in [-0.15, -0.1) is 0 Å². The van der Waals surface area contributed by atoms with Crippen molar-refractivity contribution in [3.8, 4) is 0 Å². The molecule has 1 aliphatic rings. The van der Waals surface area contributed by atoms with Crippen molar-refractivity contribution in [3.63, 3.8) is 0 Å². The summed E-state index contributed by atoms with van der Waals surface area (Å²) < 4.78 is 0. The third-order valence-corrected chi connectivity index (χ3v) is 4.27. The van der Waals surface area contributed by atoms with Crippen LogP contribution in [0.2, 0.25) is 0 Å². The van der Waals surface area contributed by atoms with Crippen LogP contribution >= 0.6 is 12.2 Å². The Kier molecular flexibility index (Phi) is 4.43. The molecule has 0 atom stereocenters. The fraction of sp³-hybridized carbons (Fsp3) is 0.500. The number of carbonyl (C=O) groups is 1. The van der Waals surface area contributed by atoms with Crippen LogP contribution in [0.4, 0.5) is 0 Å². The van der Waals surface area contributed by atoms with E-state index in [0.717, 1.165) is 30.5 Å². The summed E-state index contributed by atoms with van der Waals surface area (Å²) in [5, 5.41) is 0. The monoisotopic (exact) mass is 290 g/mol. The lowest BCUT2D eigenvalue weighted by Gasteiger charge is -2.23. The molecule has 2 rings (SSSR count). The van der Waals surface area contributed by atoms with Gasteiger partial charge in [-0.25, -0.2) is 0 Å². The van der Waals surface area contributed by atoms with Crippen molar-refractivity contribution in [1.29, 1.82) is 0 Å². The number of carbonyl (C=O) groups excluding carboxylic acids is 1. The zero-order chi connectivity index (χ0) is 14.8. The first-order valence-electron chi connectivity index (χ1n) is 7.04. The molecule has 1 heterocycles. The summed E-state index contributed by atoms with van der Waals surface area (Å²) in [6.07, 6.45) is 2.68. The molecule has 0 bridgehead atoms. The second-order valence-corrected chi connectivity index (χ2v) is 6.73. The minimum absolute atomic E-state index is 0.258. The highest BCUT2D eigenvalue weighted by molar-refractivity contribution is 7.80. The highest BCUT2D eigenvalue weighted by Gasteiger charge is 2.27. The summed E-state index contributed by atoms with van der Waals surface area (Å²) in [6.45, 7) is 5.98. The molecular formula is C16H22N2OS. The van der Waals surface area contributed by atoms with E-state index in [9.17, 15) is 4.79 Å². The van der Waals surface area contributed by atoms with Gasteiger partial charge < -0.3 is 10.6 Å². The van der Waals surface area contributed by atoms with Crippen molar-refractivity contribution in [1.82, 2.24) is 4.90 Å². The van der Waals surface area contributed by atoms with E-state index in [4.69, 9.17) is 18.0 Å². The van der Waals surface area contributed by atoms with Gasteiger partial charge in [-0.2, -0.15) is 0 Å². The zero-order valence-corrected chi connectivity index (χ0v) is 13.0. The summed E-state index contributed by atoms with van der Waals surface area (Å²) in [6, 6.07) is 7.84. The molecule has 1 aliphatic heterocycles. The van der Waals surface area contributed by atoms with Crippen LogP contribution in [0.25, 0.3) is 0 Å². The minimum Gasteiger partial charge on any atom is -0.389 e. The summed E-state index contributed by atoms with van der Waals surface area (Å²) in [4.78, 5) is 14.5. The molecule has 1 amide bonds. The van der Waals surface area contributed by atoms with Gasteiger partial charge in [0.15, 0.2) is 0 Å². The zero-order valence-electron chi connectivity index (χ0n) is 12.2. The number of thiocarbonyl (C=S) groups is 1. The lowest BCUT2D eigenvalue weighted by molar-refractivity contribution is -0.131. The molecule has 0 saturated carbocycles. The minimum atomic E-state index is 0.258. The average molecular weight is 290 g/mol. The highest BCUT2D eigenvalue weighted by Crippen LogP contribution is 2.30. The van der Waals surface area contributed by atoms with Gasteiger partial charge >= 0.3 is 0 Å². The quantitative estimate of drug-likeness (QED) is 0.871. The average Bonchev–Trinajstić information content (AvgIpc) is 2.52. The molecule has 1 fully saturated rings. The Bertz CT molecular complexity index is 508. The van der Waals surface area contributed by atoms with Crippen molar-refractivity contribution in [2.24, 2.45) is 11.1 Å². The molecule has 0 radical (unpaired) electrons. The Labute approximate surface area is 126 Å². The number of hydrogen-bond donors (Lipinski definition) is 1. The van der Waals surface area contributed by atoms with E-state index in [1.165, 1.54) is 0 Å². The van der Waals surface area contributed by atoms with Gasteiger partial charge in [-0.3, -0.25) is 4.79 Å². The summed E-state index contributed by atoms with van der Waals surface area (Å²) in [5.74, 6) is 0.258. The molecule has 0 spiro atoms. The summed E-state index contributed by atoms with van der Waals surface area (Å²) in [7, 11) is 0. The number of nitrogens with two attached hydrogens (primary N) is 1. The van der Waals surface area contributed by atoms with Gasteiger partial charge in [0.2, 0.25) is 5.91 Å². The SMILES string of the molecule is CC1(C)CCC(=O)N(Cc2ccc(C(N)=S)cc2)CC1. The third-order valence-electron chi connectivity index (χ3n) is 4.04. The van der Waals surface area contributed by atoms with E-state index in [1.807, 2.05) is 29.2 Å². The van der Waals surface area contributed by atoms with Crippen molar-refractivity contribution in [2.75, 3.05) is 6.54 Å². The van der Waals surface area contributed by atoms with Crippen LogP contribution in [0, 0.1) is 5.41 Å². The molecule has 4 heteroatoms. The molecule has 20 heavy (non-hydrogen) atoms. The van der Waals surface area contributed by atoms with Gasteiger partial charge in [0.25, 0.3) is 0 Å². The number of nitrogens with zero attached hydrogens (tertiary/aromatic N) is 1. The van der Waals surface area contributed by atoms with E-state index < -0.39 is 0 Å². The molecule has 0 aromatic heterocycles. The maximum absolute atomic E-state index is 12.2. The van der Waals surface area contributed by atoms with Gasteiger partial charge in [0.1, 0.15) is 4.99 Å². The fourth-order valence-corrected chi connectivity index (χ4v) is 2.59. The van der Waals surface area contributed by atoms with Gasteiger partial charge in [-0.1, -0.05) is 50.3 Å². The normalized spacial score (nSPS) is 18.7. The molecule has 2 N–H and O–H groups in total. The highest BCUT2D eigenvalue weighted by atomic mass is 32.1. The van der Waals surface area contributed by atoms with Crippen molar-refractivity contribution in [2.45, 2.75) is 39.7 Å². The van der Waals surface area contributed by atoms with Gasteiger partial charge in [0, 0.05) is 25.1 Å². The van der Waals surface area contributed by atoms with E-state index in [2.05, 4.69) is 13.8 Å². The van der Waals surface area contributed by atoms with E-state index >= 15 is 0 Å². The van der Waals surface area contributed by atoms with E-state index in [0.29, 0.717) is 18.0 Å². The standard InChI is InChI=1S/C16H22N2OS/c1-16(2)8-7-14(19)18(10-9-16)11-12-3-5-13(6-4-12)15(17)20/h3-6H,7-11H2,1-2H3,(H2,17,20). The largest absolute Gasteiger partial charge is 0.389 e. The van der Waals surface area contributed by atoms with Crippen LogP contribution < -0.4 is 5.73 Å². The van der Waals surface area contributed by atoms with Crippen LogP contribution in [-0.2, 0) is 11.3 Å². The van der Waals surface area contributed by atoms with Crippen molar-refractivity contribution < 1.29 is 4.79 Å². The van der Waals surface area contributed by atoms with Crippen LogP contribution in [-0.4, -0.2) is 22.3 Å². The third kappa shape index (κ3) is 3.79. The molecule has 1 aromatic carbocycles. The second kappa shape index (κ2) is 5.92. The van der Waals surface area contributed by atoms with Crippen molar-refractivity contribution in [3.05, 3.63) is 35.4 Å². The Balaban J connectivity index is 2.05. The van der Waals surface area contributed by atoms with Crippen LogP contribution in [0.5, 0.6) is 0 Å². The van der Waals surface area contributed by atoms with E-state index in [-0.39, 0.29) is 11.3 Å². The second-order valence-electron chi connectivity index (χ2n) is 6.29. The van der Waals surface area contributed by atoms with Crippen LogP contribution in [0.3, 0.4) is 0 Å². The number of hydrogen-bond acceptors (Lipinski definition) is 2. The lowest BCUT2D eigenvalue weighted by Crippen LogP contribution is -2.30. The molecule has 3 nitrogen and oxygen atoms in total. The number of likely N-dealkylation sites (tertiary alicyclic amines) is 1. The van der Waals surface area contributed by atoms with Gasteiger partial charge in [0.05, 0.1) is 0 Å². The maximum atomic E-state index is 12.2. The molecule has 108 valence electrons. The molecule has 1 saturated heterocycles. The Morgan fingerprint density at radius 1 is 1.30 bits per heavy atom. The topological polar surface area (TPSA) is 46.3 Å². The molecule has 1 aromatic rings. The Hall–Kier alpha value is -1.42. The Morgan fingerprint density at radius 3 is 2.55 bits per heavy atom. The first kappa shape index (κ1) is 15.0. The Morgan fingerprint density at radius 2 is 1.95 bits per heavy atom. The fourth-order valence-electron chi connectivity index (χ4n) is 2.45. The summed E-state index contributed by atoms with van der Waals surface area (Å²) >= 11 is 4.94. The van der Waals surface area contributed by atoms with Crippen LogP contribution in [0.1, 0.15) is 44.2 Å². The lowest BCUT2D eigenvalue weighted by atomic mass is 9.85. The smallest absolute Gasteiger partial charge is 0.222 e. The molecule has 0 unspecified atom stereocenters. The number of amides is 1. The maximum Gasteiger partial charge on any atom is 0.222 e. The van der Waals surface area contributed by atoms with Crippen molar-refractivity contribution >= 4 is 23.1 Å². The predicted octanol–water partition coefficient (Wildman–Crippen LogP) is 2.86. The number of rotatable bonds is 3. The predicted molar refractivity (Wildman–Crippen MR) is 85.4 cm³/mol.